The van der Waals surface area contributed by atoms with Crippen molar-refractivity contribution in [3.63, 3.8) is 0 Å². The summed E-state index contributed by atoms with van der Waals surface area (Å²) in [5.74, 6) is 1.04. The van der Waals surface area contributed by atoms with Gasteiger partial charge < -0.3 is 20.5 Å². The minimum absolute atomic E-state index is 0.0177. The fraction of sp³-hybridized carbons (Fsp3) is 0.500. The summed E-state index contributed by atoms with van der Waals surface area (Å²) in [4.78, 5) is 10.5. The van der Waals surface area contributed by atoms with Gasteiger partial charge in [0.05, 0.1) is 25.2 Å². The number of aliphatic imine (C=N–C) groups is 1. The van der Waals surface area contributed by atoms with Crippen molar-refractivity contribution in [2.24, 2.45) is 10.7 Å². The zero-order chi connectivity index (χ0) is 14.0. The molecule has 104 valence electrons. The van der Waals surface area contributed by atoms with Crippen LogP contribution in [0.4, 0.5) is 5.82 Å². The van der Waals surface area contributed by atoms with Crippen LogP contribution in [0.5, 0.6) is 0 Å². The first-order valence-electron chi connectivity index (χ1n) is 6.12. The Balaban J connectivity index is 2.27. The van der Waals surface area contributed by atoms with E-state index in [1.54, 1.807) is 10.9 Å². The molecule has 2 rings (SSSR count). The lowest BCUT2D eigenvalue weighted by Crippen LogP contribution is -2.42. The van der Waals surface area contributed by atoms with Crippen molar-refractivity contribution >= 4 is 17.5 Å². The van der Waals surface area contributed by atoms with E-state index in [0.717, 1.165) is 5.70 Å². The highest BCUT2D eigenvalue weighted by Gasteiger charge is 2.27. The van der Waals surface area contributed by atoms with E-state index in [1.807, 2.05) is 18.7 Å². The van der Waals surface area contributed by atoms with Gasteiger partial charge >= 0.3 is 0 Å². The van der Waals surface area contributed by atoms with Gasteiger partial charge in [0.15, 0.2) is 5.82 Å². The summed E-state index contributed by atoms with van der Waals surface area (Å²) >= 11 is 0. The van der Waals surface area contributed by atoms with Crippen LogP contribution in [0, 0.1) is 0 Å². The molecule has 0 fully saturated rings. The van der Waals surface area contributed by atoms with E-state index in [2.05, 4.69) is 16.6 Å². The molecular weight excluding hydrogens is 246 g/mol. The second-order valence-corrected chi connectivity index (χ2v) is 4.53. The Labute approximate surface area is 112 Å². The van der Waals surface area contributed by atoms with Crippen molar-refractivity contribution < 1.29 is 9.84 Å². The minimum atomic E-state index is -0.0177. The van der Waals surface area contributed by atoms with Crippen molar-refractivity contribution in [1.82, 2.24) is 14.5 Å². The summed E-state index contributed by atoms with van der Waals surface area (Å²) in [5.41, 5.74) is 7.40. The van der Waals surface area contributed by atoms with Crippen molar-refractivity contribution in [2.45, 2.75) is 26.6 Å². The van der Waals surface area contributed by atoms with Crippen LogP contribution in [-0.4, -0.2) is 44.8 Å². The molecule has 1 aromatic heterocycles. The van der Waals surface area contributed by atoms with E-state index >= 15 is 0 Å². The van der Waals surface area contributed by atoms with Gasteiger partial charge in [0.25, 0.3) is 0 Å². The molecule has 0 unspecified atom stereocenters. The Bertz CT molecular complexity index is 506. The van der Waals surface area contributed by atoms with Crippen LogP contribution in [0.1, 0.15) is 19.5 Å². The SMILES string of the molecule is C=C1c2ncn(COCCO)c2N=C(N)N1C(C)C. The van der Waals surface area contributed by atoms with Gasteiger partial charge in [-0.3, -0.25) is 4.57 Å². The average Bonchev–Trinajstić information content (AvgIpc) is 2.72. The molecular formula is C12H19N5O2. The first-order chi connectivity index (χ1) is 9.06. The number of aliphatic hydroxyl groups is 1. The van der Waals surface area contributed by atoms with Crippen LogP contribution >= 0.6 is 0 Å². The molecule has 0 radical (unpaired) electrons. The van der Waals surface area contributed by atoms with E-state index < -0.39 is 0 Å². The highest BCUT2D eigenvalue weighted by molar-refractivity contribution is 5.94. The second kappa shape index (κ2) is 5.41. The number of ether oxygens (including phenoxy) is 1. The number of aromatic nitrogens is 2. The molecule has 0 amide bonds. The lowest BCUT2D eigenvalue weighted by molar-refractivity contribution is 0.0489. The topological polar surface area (TPSA) is 88.9 Å². The molecule has 0 atom stereocenters. The predicted octanol–water partition coefficient (Wildman–Crippen LogP) is 0.490. The smallest absolute Gasteiger partial charge is 0.202 e. The van der Waals surface area contributed by atoms with Crippen LogP contribution in [-0.2, 0) is 11.5 Å². The molecule has 1 aliphatic heterocycles. The lowest BCUT2D eigenvalue weighted by atomic mass is 10.2. The lowest BCUT2D eigenvalue weighted by Gasteiger charge is -2.31. The molecule has 2 heterocycles. The third-order valence-electron chi connectivity index (χ3n) is 2.82. The maximum Gasteiger partial charge on any atom is 0.202 e. The molecule has 19 heavy (non-hydrogen) atoms. The fourth-order valence-corrected chi connectivity index (χ4v) is 2.01. The van der Waals surface area contributed by atoms with Gasteiger partial charge in [0.1, 0.15) is 12.4 Å². The van der Waals surface area contributed by atoms with E-state index in [0.29, 0.717) is 17.5 Å². The molecule has 0 spiro atoms. The summed E-state index contributed by atoms with van der Waals surface area (Å²) in [6.07, 6.45) is 1.63. The Hall–Kier alpha value is -1.86. The first kappa shape index (κ1) is 13.6. The molecule has 0 bridgehead atoms. The first-order valence-corrected chi connectivity index (χ1v) is 6.12. The predicted molar refractivity (Wildman–Crippen MR) is 72.6 cm³/mol. The summed E-state index contributed by atoms with van der Waals surface area (Å²) < 4.78 is 6.99. The number of aliphatic hydroxyl groups excluding tert-OH is 1. The van der Waals surface area contributed by atoms with E-state index in [1.165, 1.54) is 0 Å². The number of guanidine groups is 1. The maximum atomic E-state index is 8.70. The average molecular weight is 265 g/mol. The Morgan fingerprint density at radius 3 is 2.89 bits per heavy atom. The molecule has 7 heteroatoms. The fourth-order valence-electron chi connectivity index (χ4n) is 2.01. The Morgan fingerprint density at radius 1 is 1.53 bits per heavy atom. The molecule has 7 nitrogen and oxygen atoms in total. The standard InChI is InChI=1S/C12H19N5O2/c1-8(2)17-9(3)10-11(15-12(17)13)16(6-14-10)7-19-5-4-18/h6,8,18H,3-5,7H2,1-2H3,(H2,13,15). The summed E-state index contributed by atoms with van der Waals surface area (Å²) in [6, 6.07) is 0.167. The number of nitrogens with two attached hydrogens (primary N) is 1. The largest absolute Gasteiger partial charge is 0.394 e. The number of rotatable bonds is 5. The van der Waals surface area contributed by atoms with E-state index in [-0.39, 0.29) is 26.0 Å². The molecule has 0 aromatic carbocycles. The van der Waals surface area contributed by atoms with Crippen LogP contribution in [0.25, 0.3) is 5.70 Å². The van der Waals surface area contributed by atoms with Crippen molar-refractivity contribution in [3.05, 3.63) is 18.6 Å². The molecule has 0 saturated carbocycles. The van der Waals surface area contributed by atoms with Crippen molar-refractivity contribution in [1.29, 1.82) is 0 Å². The van der Waals surface area contributed by atoms with Gasteiger partial charge in [-0.2, -0.15) is 4.99 Å². The van der Waals surface area contributed by atoms with Crippen LogP contribution in [0.2, 0.25) is 0 Å². The van der Waals surface area contributed by atoms with E-state index in [4.69, 9.17) is 15.6 Å². The van der Waals surface area contributed by atoms with Gasteiger partial charge in [0.2, 0.25) is 5.96 Å². The summed E-state index contributed by atoms with van der Waals surface area (Å²) in [7, 11) is 0. The summed E-state index contributed by atoms with van der Waals surface area (Å²) in [6.45, 7) is 8.58. The number of fused-ring (bicyclic) bond motifs is 1. The number of hydrogen-bond acceptors (Lipinski definition) is 6. The zero-order valence-electron chi connectivity index (χ0n) is 11.2. The zero-order valence-corrected chi connectivity index (χ0v) is 11.2. The molecule has 1 aromatic rings. The quantitative estimate of drug-likeness (QED) is 0.756. The van der Waals surface area contributed by atoms with Gasteiger partial charge in [0, 0.05) is 6.04 Å². The maximum absolute atomic E-state index is 8.70. The second-order valence-electron chi connectivity index (χ2n) is 4.53. The molecule has 0 aliphatic carbocycles. The van der Waals surface area contributed by atoms with Crippen molar-refractivity contribution in [2.75, 3.05) is 13.2 Å². The highest BCUT2D eigenvalue weighted by Crippen LogP contribution is 2.32. The number of nitrogens with zero attached hydrogens (tertiary/aromatic N) is 4. The monoisotopic (exact) mass is 265 g/mol. The normalized spacial score (nSPS) is 14.8. The van der Waals surface area contributed by atoms with Gasteiger partial charge in [-0.15, -0.1) is 0 Å². The van der Waals surface area contributed by atoms with Crippen LogP contribution in [0.15, 0.2) is 17.9 Å². The van der Waals surface area contributed by atoms with Crippen molar-refractivity contribution in [3.8, 4) is 0 Å². The van der Waals surface area contributed by atoms with E-state index in [9.17, 15) is 0 Å². The molecule has 3 N–H and O–H groups in total. The van der Waals surface area contributed by atoms with Gasteiger partial charge in [-0.25, -0.2) is 4.98 Å². The number of hydrogen-bond donors (Lipinski definition) is 2. The highest BCUT2D eigenvalue weighted by atomic mass is 16.5. The van der Waals surface area contributed by atoms with Gasteiger partial charge in [-0.05, 0) is 13.8 Å². The minimum Gasteiger partial charge on any atom is -0.394 e. The van der Waals surface area contributed by atoms with Crippen LogP contribution < -0.4 is 5.73 Å². The van der Waals surface area contributed by atoms with Crippen LogP contribution in [0.3, 0.4) is 0 Å². The Morgan fingerprint density at radius 2 is 2.26 bits per heavy atom. The summed E-state index contributed by atoms with van der Waals surface area (Å²) in [5, 5.41) is 8.70. The number of imidazole rings is 1. The third kappa shape index (κ3) is 2.47. The molecule has 0 saturated heterocycles. The Kier molecular flexibility index (Phi) is 3.87. The molecule has 1 aliphatic rings. The third-order valence-corrected chi connectivity index (χ3v) is 2.82. The van der Waals surface area contributed by atoms with Gasteiger partial charge in [-0.1, -0.05) is 6.58 Å².